The van der Waals surface area contributed by atoms with Gasteiger partial charge in [-0.25, -0.2) is 0 Å². The first-order valence-corrected chi connectivity index (χ1v) is 12.7. The number of methoxy groups -OCH3 is 1. The van der Waals surface area contributed by atoms with Crippen molar-refractivity contribution in [1.82, 2.24) is 4.90 Å². The first-order valence-electron chi connectivity index (χ1n) is 12.7. The molecule has 3 aliphatic rings. The Labute approximate surface area is 193 Å². The van der Waals surface area contributed by atoms with Crippen LogP contribution >= 0.6 is 0 Å². The van der Waals surface area contributed by atoms with Crippen molar-refractivity contribution in [3.8, 4) is 0 Å². The molecule has 1 aliphatic carbocycles. The Bertz CT molecular complexity index is 769. The number of likely N-dealkylation sites (tertiary alicyclic amines) is 1. The molecule has 2 heterocycles. The molecule has 0 aromatic heterocycles. The fourth-order valence-electron chi connectivity index (χ4n) is 6.30. The lowest BCUT2D eigenvalue weighted by Gasteiger charge is -2.39. The number of nitrogen functional groups attached to an aromatic ring is 1. The van der Waals surface area contributed by atoms with Gasteiger partial charge in [-0.1, -0.05) is 19.3 Å². The maximum Gasteiger partial charge on any atom is 0.311 e. The van der Waals surface area contributed by atoms with Crippen molar-refractivity contribution in [2.75, 3.05) is 49.2 Å². The second-order valence-corrected chi connectivity index (χ2v) is 10.2. The molecule has 0 radical (unpaired) electrons. The van der Waals surface area contributed by atoms with Crippen LogP contribution in [0.4, 0.5) is 17.1 Å². The standard InChI is InChI=1S/C26H42N4O2/c1-20-7-6-16-30(20)21-10-17-29(18-11-21)22-8-9-24(23(27)19-22)28-15-14-26(25(31)32-2)12-4-3-5-13-26/h8-9,19-21,28H,3-7,10-18,27H2,1-2H3/t20-/m0/s1. The molecular weight excluding hydrogens is 400 g/mol. The van der Waals surface area contributed by atoms with Crippen molar-refractivity contribution in [2.24, 2.45) is 5.41 Å². The number of hydrogen-bond acceptors (Lipinski definition) is 6. The Hall–Kier alpha value is -1.95. The number of anilines is 3. The molecular formula is C26H42N4O2. The summed E-state index contributed by atoms with van der Waals surface area (Å²) in [5.74, 6) is -0.0472. The van der Waals surface area contributed by atoms with Gasteiger partial charge in [-0.3, -0.25) is 9.69 Å². The molecule has 32 heavy (non-hydrogen) atoms. The average molecular weight is 443 g/mol. The van der Waals surface area contributed by atoms with Gasteiger partial charge >= 0.3 is 5.97 Å². The summed E-state index contributed by atoms with van der Waals surface area (Å²) in [6.45, 7) is 6.59. The fourth-order valence-corrected chi connectivity index (χ4v) is 6.30. The van der Waals surface area contributed by atoms with Crippen LogP contribution in [0.2, 0.25) is 0 Å². The minimum atomic E-state index is -0.327. The Morgan fingerprint density at radius 3 is 2.50 bits per heavy atom. The predicted octanol–water partition coefficient (Wildman–Crippen LogP) is 4.65. The number of nitrogens with one attached hydrogen (secondary N) is 1. The van der Waals surface area contributed by atoms with Gasteiger partial charge in [-0.15, -0.1) is 0 Å². The lowest BCUT2D eigenvalue weighted by atomic mass is 9.72. The largest absolute Gasteiger partial charge is 0.469 e. The van der Waals surface area contributed by atoms with Gasteiger partial charge < -0.3 is 20.7 Å². The summed E-state index contributed by atoms with van der Waals surface area (Å²) in [7, 11) is 1.51. The topological polar surface area (TPSA) is 70.8 Å². The molecule has 0 unspecified atom stereocenters. The second-order valence-electron chi connectivity index (χ2n) is 10.2. The Balaban J connectivity index is 1.30. The first-order chi connectivity index (χ1) is 15.5. The molecule has 2 saturated heterocycles. The van der Waals surface area contributed by atoms with Crippen LogP contribution in [0.15, 0.2) is 18.2 Å². The number of carbonyl (C=O) groups is 1. The van der Waals surface area contributed by atoms with Crippen LogP contribution in [0.25, 0.3) is 0 Å². The van der Waals surface area contributed by atoms with Crippen LogP contribution in [0, 0.1) is 5.41 Å². The predicted molar refractivity (Wildman–Crippen MR) is 132 cm³/mol. The van der Waals surface area contributed by atoms with Crippen LogP contribution in [0.5, 0.6) is 0 Å². The normalized spacial score (nSPS) is 24.4. The molecule has 4 rings (SSSR count). The number of carbonyl (C=O) groups excluding carboxylic acids is 1. The molecule has 6 heteroatoms. The fraction of sp³-hybridized carbons (Fsp3) is 0.731. The zero-order chi connectivity index (χ0) is 22.6. The SMILES string of the molecule is COC(=O)C1(CCNc2ccc(N3CCC(N4CCC[C@@H]4C)CC3)cc2N)CCCCC1. The second kappa shape index (κ2) is 10.3. The summed E-state index contributed by atoms with van der Waals surface area (Å²) in [5, 5.41) is 3.49. The number of hydrogen-bond donors (Lipinski definition) is 2. The van der Waals surface area contributed by atoms with Crippen LogP contribution in [-0.2, 0) is 9.53 Å². The molecule has 3 N–H and O–H groups in total. The molecule has 1 atom stereocenters. The highest BCUT2D eigenvalue weighted by Crippen LogP contribution is 2.40. The number of ether oxygens (including phenoxy) is 1. The van der Waals surface area contributed by atoms with E-state index in [-0.39, 0.29) is 11.4 Å². The number of nitrogens with zero attached hydrogens (tertiary/aromatic N) is 2. The van der Waals surface area contributed by atoms with E-state index in [2.05, 4.69) is 40.2 Å². The van der Waals surface area contributed by atoms with Crippen molar-refractivity contribution in [3.63, 3.8) is 0 Å². The van der Waals surface area contributed by atoms with Gasteiger partial charge in [-0.05, 0) is 76.6 Å². The van der Waals surface area contributed by atoms with Crippen molar-refractivity contribution < 1.29 is 9.53 Å². The smallest absolute Gasteiger partial charge is 0.311 e. The van der Waals surface area contributed by atoms with Gasteiger partial charge in [0.2, 0.25) is 0 Å². The van der Waals surface area contributed by atoms with Crippen molar-refractivity contribution in [2.45, 2.75) is 83.2 Å². The molecule has 1 aromatic carbocycles. The van der Waals surface area contributed by atoms with Crippen molar-refractivity contribution >= 4 is 23.0 Å². The van der Waals surface area contributed by atoms with E-state index in [0.29, 0.717) is 0 Å². The molecule has 0 amide bonds. The van der Waals surface area contributed by atoms with E-state index in [1.54, 1.807) is 0 Å². The molecule has 6 nitrogen and oxygen atoms in total. The summed E-state index contributed by atoms with van der Waals surface area (Å²) >= 11 is 0. The maximum absolute atomic E-state index is 12.5. The third-order valence-electron chi connectivity index (χ3n) is 8.29. The minimum absolute atomic E-state index is 0.0472. The Morgan fingerprint density at radius 1 is 1.12 bits per heavy atom. The summed E-state index contributed by atoms with van der Waals surface area (Å²) in [4.78, 5) is 17.7. The molecule has 0 spiro atoms. The quantitative estimate of drug-likeness (QED) is 0.473. The zero-order valence-corrected chi connectivity index (χ0v) is 20.1. The first kappa shape index (κ1) is 23.2. The number of piperidine rings is 1. The molecule has 178 valence electrons. The highest BCUT2D eigenvalue weighted by Gasteiger charge is 2.40. The van der Waals surface area contributed by atoms with E-state index < -0.39 is 0 Å². The van der Waals surface area contributed by atoms with Crippen molar-refractivity contribution in [1.29, 1.82) is 0 Å². The van der Waals surface area contributed by atoms with Crippen LogP contribution in [0.3, 0.4) is 0 Å². The van der Waals surface area contributed by atoms with Crippen LogP contribution in [-0.4, -0.2) is 56.2 Å². The van der Waals surface area contributed by atoms with Gasteiger partial charge in [0.05, 0.1) is 23.9 Å². The Morgan fingerprint density at radius 2 is 1.88 bits per heavy atom. The third-order valence-corrected chi connectivity index (χ3v) is 8.29. The summed E-state index contributed by atoms with van der Waals surface area (Å²) < 4.78 is 5.15. The molecule has 1 saturated carbocycles. The molecule has 1 aromatic rings. The monoisotopic (exact) mass is 442 g/mol. The van der Waals surface area contributed by atoms with E-state index >= 15 is 0 Å². The highest BCUT2D eigenvalue weighted by molar-refractivity contribution is 5.77. The highest BCUT2D eigenvalue weighted by atomic mass is 16.5. The van der Waals surface area contributed by atoms with E-state index in [4.69, 9.17) is 10.5 Å². The number of esters is 1. The van der Waals surface area contributed by atoms with Crippen molar-refractivity contribution in [3.05, 3.63) is 18.2 Å². The van der Waals surface area contributed by atoms with Gasteiger partial charge in [-0.2, -0.15) is 0 Å². The summed E-state index contributed by atoms with van der Waals surface area (Å²) in [5.41, 5.74) is 9.07. The molecule has 0 bridgehead atoms. The minimum Gasteiger partial charge on any atom is -0.469 e. The lowest BCUT2D eigenvalue weighted by molar-refractivity contribution is -0.155. The lowest BCUT2D eigenvalue weighted by Crippen LogP contribution is -2.46. The van der Waals surface area contributed by atoms with Crippen LogP contribution < -0.4 is 16.0 Å². The zero-order valence-electron chi connectivity index (χ0n) is 20.1. The van der Waals surface area contributed by atoms with E-state index in [0.717, 1.165) is 75.2 Å². The maximum atomic E-state index is 12.5. The van der Waals surface area contributed by atoms with E-state index in [9.17, 15) is 4.79 Å². The summed E-state index contributed by atoms with van der Waals surface area (Å²) in [6.07, 6.45) is 11.3. The number of rotatable bonds is 7. The van der Waals surface area contributed by atoms with Gasteiger partial charge in [0.1, 0.15) is 0 Å². The van der Waals surface area contributed by atoms with Gasteiger partial charge in [0, 0.05) is 37.4 Å². The third kappa shape index (κ3) is 5.00. The number of nitrogens with two attached hydrogens (primary N) is 1. The average Bonchev–Trinajstić information content (AvgIpc) is 3.26. The van der Waals surface area contributed by atoms with Gasteiger partial charge in [0.15, 0.2) is 0 Å². The summed E-state index contributed by atoms with van der Waals surface area (Å²) in [6, 6.07) is 7.89. The van der Waals surface area contributed by atoms with E-state index in [1.165, 1.54) is 51.4 Å². The molecule has 3 fully saturated rings. The number of benzene rings is 1. The van der Waals surface area contributed by atoms with E-state index in [1.807, 2.05) is 0 Å². The van der Waals surface area contributed by atoms with Crippen LogP contribution in [0.1, 0.15) is 71.1 Å². The Kier molecular flexibility index (Phi) is 7.49. The molecule has 2 aliphatic heterocycles. The van der Waals surface area contributed by atoms with Gasteiger partial charge in [0.25, 0.3) is 0 Å².